The lowest BCUT2D eigenvalue weighted by atomic mass is 10.1. The van der Waals surface area contributed by atoms with Crippen LogP contribution in [0.4, 0.5) is 0 Å². The van der Waals surface area contributed by atoms with Gasteiger partial charge in [0.15, 0.2) is 0 Å². The van der Waals surface area contributed by atoms with Crippen LogP contribution in [-0.2, 0) is 0 Å². The predicted molar refractivity (Wildman–Crippen MR) is 70.2 cm³/mol. The maximum Gasteiger partial charge on any atom is 0.119 e. The van der Waals surface area contributed by atoms with Gasteiger partial charge in [-0.05, 0) is 42.0 Å². The van der Waals surface area contributed by atoms with Crippen molar-refractivity contribution in [1.82, 2.24) is 15.0 Å². The number of aromatic nitrogens is 3. The predicted octanol–water partition coefficient (Wildman–Crippen LogP) is 2.74. The lowest BCUT2D eigenvalue weighted by molar-refractivity contribution is 0.415. The van der Waals surface area contributed by atoms with E-state index in [0.29, 0.717) is 0 Å². The van der Waals surface area contributed by atoms with Crippen LogP contribution < -0.4 is 4.74 Å². The summed E-state index contributed by atoms with van der Waals surface area (Å²) < 4.78 is 6.99. The van der Waals surface area contributed by atoms with Crippen LogP contribution >= 0.6 is 0 Å². The van der Waals surface area contributed by atoms with E-state index in [1.54, 1.807) is 11.8 Å². The first kappa shape index (κ1) is 10.8. The van der Waals surface area contributed by atoms with Crippen molar-refractivity contribution >= 4 is 10.8 Å². The van der Waals surface area contributed by atoms with Gasteiger partial charge in [0.2, 0.25) is 0 Å². The second-order valence-electron chi connectivity index (χ2n) is 4.20. The lowest BCUT2D eigenvalue weighted by Crippen LogP contribution is -1.94. The zero-order valence-electron chi connectivity index (χ0n) is 10.3. The molecule has 4 heteroatoms. The summed E-state index contributed by atoms with van der Waals surface area (Å²) in [6.07, 6.45) is 1.91. The van der Waals surface area contributed by atoms with Crippen molar-refractivity contribution in [1.29, 1.82) is 0 Å². The molecular weight excluding hydrogens is 226 g/mol. The van der Waals surface area contributed by atoms with E-state index in [2.05, 4.69) is 22.4 Å². The van der Waals surface area contributed by atoms with Gasteiger partial charge in [0.05, 0.1) is 24.7 Å². The standard InChI is InChI=1S/C14H13N3O/c1-10-9-17(16-15-10)13-5-3-12-8-14(18-2)6-4-11(12)7-13/h3-9H,1-2H3. The molecule has 1 heterocycles. The highest BCUT2D eigenvalue weighted by atomic mass is 16.5. The third-order valence-electron chi connectivity index (χ3n) is 2.90. The molecule has 0 bridgehead atoms. The van der Waals surface area contributed by atoms with Gasteiger partial charge in [-0.25, -0.2) is 4.68 Å². The summed E-state index contributed by atoms with van der Waals surface area (Å²) >= 11 is 0. The molecule has 3 aromatic rings. The Morgan fingerprint density at radius 3 is 2.56 bits per heavy atom. The minimum Gasteiger partial charge on any atom is -0.497 e. The van der Waals surface area contributed by atoms with E-state index in [1.165, 1.54) is 0 Å². The number of rotatable bonds is 2. The fourth-order valence-corrected chi connectivity index (χ4v) is 1.95. The topological polar surface area (TPSA) is 39.9 Å². The maximum absolute atomic E-state index is 5.21. The van der Waals surface area contributed by atoms with Crippen molar-refractivity contribution in [2.24, 2.45) is 0 Å². The molecule has 0 fully saturated rings. The van der Waals surface area contributed by atoms with Gasteiger partial charge in [-0.1, -0.05) is 17.3 Å². The molecule has 0 saturated carbocycles. The van der Waals surface area contributed by atoms with E-state index in [-0.39, 0.29) is 0 Å². The molecule has 1 aromatic heterocycles. The highest BCUT2D eigenvalue weighted by Gasteiger charge is 2.02. The molecule has 0 radical (unpaired) electrons. The second kappa shape index (κ2) is 4.14. The fraction of sp³-hybridized carbons (Fsp3) is 0.143. The van der Waals surface area contributed by atoms with Crippen LogP contribution in [0.5, 0.6) is 5.75 Å². The number of aryl methyl sites for hydroxylation is 1. The molecule has 0 atom stereocenters. The molecule has 3 rings (SSSR count). The summed E-state index contributed by atoms with van der Waals surface area (Å²) in [5.74, 6) is 0.867. The van der Waals surface area contributed by atoms with Gasteiger partial charge in [0.25, 0.3) is 0 Å². The van der Waals surface area contributed by atoms with Crippen LogP contribution in [0.25, 0.3) is 16.5 Å². The van der Waals surface area contributed by atoms with Crippen LogP contribution in [0.1, 0.15) is 5.69 Å². The van der Waals surface area contributed by atoms with Crippen LogP contribution in [0.15, 0.2) is 42.6 Å². The Bertz CT molecular complexity index is 703. The molecule has 0 aliphatic carbocycles. The smallest absolute Gasteiger partial charge is 0.119 e. The Hall–Kier alpha value is -2.36. The fourth-order valence-electron chi connectivity index (χ4n) is 1.95. The van der Waals surface area contributed by atoms with Crippen molar-refractivity contribution in [2.45, 2.75) is 6.92 Å². The molecule has 0 amide bonds. The average molecular weight is 239 g/mol. The molecule has 90 valence electrons. The summed E-state index contributed by atoms with van der Waals surface area (Å²) in [5.41, 5.74) is 1.91. The number of benzene rings is 2. The van der Waals surface area contributed by atoms with Crippen LogP contribution in [0, 0.1) is 6.92 Å². The summed E-state index contributed by atoms with van der Waals surface area (Å²) in [6.45, 7) is 1.93. The van der Waals surface area contributed by atoms with Crippen molar-refractivity contribution in [2.75, 3.05) is 7.11 Å². The van der Waals surface area contributed by atoms with E-state index in [0.717, 1.165) is 27.9 Å². The highest BCUT2D eigenvalue weighted by molar-refractivity contribution is 5.85. The zero-order chi connectivity index (χ0) is 12.5. The molecule has 0 aliphatic heterocycles. The first-order chi connectivity index (χ1) is 8.76. The monoisotopic (exact) mass is 239 g/mol. The van der Waals surface area contributed by atoms with E-state index < -0.39 is 0 Å². The summed E-state index contributed by atoms with van der Waals surface area (Å²) in [5, 5.41) is 10.4. The second-order valence-corrected chi connectivity index (χ2v) is 4.20. The van der Waals surface area contributed by atoms with Crippen LogP contribution in [0.3, 0.4) is 0 Å². The lowest BCUT2D eigenvalue weighted by Gasteiger charge is -2.05. The Morgan fingerprint density at radius 1 is 1.06 bits per heavy atom. The quantitative estimate of drug-likeness (QED) is 0.690. The normalized spacial score (nSPS) is 10.8. The molecule has 0 spiro atoms. The molecule has 0 unspecified atom stereocenters. The molecule has 0 N–H and O–H groups in total. The molecule has 18 heavy (non-hydrogen) atoms. The van der Waals surface area contributed by atoms with Crippen molar-refractivity contribution < 1.29 is 4.74 Å². The number of methoxy groups -OCH3 is 1. The Balaban J connectivity index is 2.11. The van der Waals surface area contributed by atoms with Crippen LogP contribution in [-0.4, -0.2) is 22.1 Å². The first-order valence-corrected chi connectivity index (χ1v) is 5.73. The van der Waals surface area contributed by atoms with Gasteiger partial charge < -0.3 is 4.74 Å². The number of fused-ring (bicyclic) bond motifs is 1. The van der Waals surface area contributed by atoms with E-state index >= 15 is 0 Å². The minimum atomic E-state index is 0.867. The summed E-state index contributed by atoms with van der Waals surface area (Å²) in [7, 11) is 1.67. The SMILES string of the molecule is COc1ccc2cc(-n3cc(C)nn3)ccc2c1. The molecule has 0 aliphatic rings. The Kier molecular flexibility index (Phi) is 2.48. The first-order valence-electron chi connectivity index (χ1n) is 5.73. The average Bonchev–Trinajstić information content (AvgIpc) is 2.84. The number of nitrogens with zero attached hydrogens (tertiary/aromatic N) is 3. The van der Waals surface area contributed by atoms with Crippen molar-refractivity contribution in [3.63, 3.8) is 0 Å². The van der Waals surface area contributed by atoms with Gasteiger partial charge in [-0.3, -0.25) is 0 Å². The van der Waals surface area contributed by atoms with Gasteiger partial charge >= 0.3 is 0 Å². The summed E-state index contributed by atoms with van der Waals surface area (Å²) in [6, 6.07) is 12.2. The Morgan fingerprint density at radius 2 is 1.83 bits per heavy atom. The third-order valence-corrected chi connectivity index (χ3v) is 2.90. The highest BCUT2D eigenvalue weighted by Crippen LogP contribution is 2.23. The van der Waals surface area contributed by atoms with Gasteiger partial charge in [0.1, 0.15) is 5.75 Å². The van der Waals surface area contributed by atoms with Crippen LogP contribution in [0.2, 0.25) is 0 Å². The van der Waals surface area contributed by atoms with E-state index in [1.807, 2.05) is 37.4 Å². The third kappa shape index (κ3) is 1.82. The zero-order valence-corrected chi connectivity index (χ0v) is 10.3. The Labute approximate surface area is 105 Å². The molecule has 4 nitrogen and oxygen atoms in total. The van der Waals surface area contributed by atoms with Crippen molar-refractivity contribution in [3.05, 3.63) is 48.3 Å². The van der Waals surface area contributed by atoms with Gasteiger partial charge in [-0.15, -0.1) is 5.10 Å². The van der Waals surface area contributed by atoms with Gasteiger partial charge in [-0.2, -0.15) is 0 Å². The molecule has 0 saturated heterocycles. The number of hydrogen-bond acceptors (Lipinski definition) is 3. The van der Waals surface area contributed by atoms with Crippen molar-refractivity contribution in [3.8, 4) is 11.4 Å². The maximum atomic E-state index is 5.21. The van der Waals surface area contributed by atoms with Gasteiger partial charge in [0, 0.05) is 0 Å². The minimum absolute atomic E-state index is 0.867. The van der Waals surface area contributed by atoms with E-state index in [4.69, 9.17) is 4.74 Å². The largest absolute Gasteiger partial charge is 0.497 e. The molecule has 2 aromatic carbocycles. The van der Waals surface area contributed by atoms with E-state index in [9.17, 15) is 0 Å². The summed E-state index contributed by atoms with van der Waals surface area (Å²) in [4.78, 5) is 0. The number of ether oxygens (including phenoxy) is 1. The number of hydrogen-bond donors (Lipinski definition) is 0. The molecular formula is C14H13N3O.